The number of carbonyl (C=O) groups is 2. The van der Waals surface area contributed by atoms with Crippen LogP contribution in [0.25, 0.3) is 0 Å². The summed E-state index contributed by atoms with van der Waals surface area (Å²) in [6.07, 6.45) is 0.874. The van der Waals surface area contributed by atoms with Crippen molar-refractivity contribution in [3.63, 3.8) is 0 Å². The van der Waals surface area contributed by atoms with E-state index in [1.165, 1.54) is 0 Å². The van der Waals surface area contributed by atoms with E-state index in [4.69, 9.17) is 20.4 Å². The van der Waals surface area contributed by atoms with Gasteiger partial charge < -0.3 is 25.7 Å². The number of nitrogens with one attached hydrogen (secondary N) is 1. The first-order valence-electron chi connectivity index (χ1n) is 6.26. The summed E-state index contributed by atoms with van der Waals surface area (Å²) in [5.74, 6) is -2.90. The lowest BCUT2D eigenvalue weighted by atomic mass is 9.93. The van der Waals surface area contributed by atoms with Crippen LogP contribution < -0.4 is 5.32 Å². The van der Waals surface area contributed by atoms with Crippen LogP contribution in [0, 0.1) is 17.8 Å². The number of amides is 1. The molecule has 1 saturated carbocycles. The van der Waals surface area contributed by atoms with E-state index in [-0.39, 0.29) is 5.92 Å². The number of carboxylic acids is 1. The minimum atomic E-state index is -1.51. The van der Waals surface area contributed by atoms with Gasteiger partial charge in [-0.1, -0.05) is 6.92 Å². The van der Waals surface area contributed by atoms with E-state index in [2.05, 4.69) is 5.32 Å². The molecular formula is C12H21NO6. The Labute approximate surface area is 111 Å². The molecule has 0 aromatic heterocycles. The van der Waals surface area contributed by atoms with Crippen molar-refractivity contribution < 1.29 is 30.0 Å². The van der Waals surface area contributed by atoms with Crippen LogP contribution in [0.1, 0.15) is 19.8 Å². The first kappa shape index (κ1) is 15.9. The number of carbonyl (C=O) groups excluding carboxylic acids is 1. The second-order valence-corrected chi connectivity index (χ2v) is 5.37. The van der Waals surface area contributed by atoms with Gasteiger partial charge in [0.15, 0.2) is 0 Å². The Bertz CT molecular complexity index is 333. The molecule has 5 N–H and O–H groups in total. The van der Waals surface area contributed by atoms with E-state index in [1.54, 1.807) is 0 Å². The van der Waals surface area contributed by atoms with Gasteiger partial charge in [-0.3, -0.25) is 9.59 Å². The average molecular weight is 275 g/mol. The number of aliphatic hydroxyl groups excluding tert-OH is 3. The molecule has 0 aromatic rings. The van der Waals surface area contributed by atoms with Crippen molar-refractivity contribution in [3.8, 4) is 0 Å². The molecule has 0 bridgehead atoms. The SMILES string of the molecule is CC1CC(C(=O)O)C(C(=O)NC(CO)(CO)CO)C1. The second-order valence-electron chi connectivity index (χ2n) is 5.37. The third-order valence-electron chi connectivity index (χ3n) is 3.75. The lowest BCUT2D eigenvalue weighted by Gasteiger charge is -2.30. The van der Waals surface area contributed by atoms with Crippen molar-refractivity contribution in [1.82, 2.24) is 5.32 Å². The quantitative estimate of drug-likeness (QED) is 0.404. The van der Waals surface area contributed by atoms with Crippen LogP contribution in [-0.2, 0) is 9.59 Å². The van der Waals surface area contributed by atoms with Crippen molar-refractivity contribution in [2.24, 2.45) is 17.8 Å². The molecule has 3 unspecified atom stereocenters. The summed E-state index contributed by atoms with van der Waals surface area (Å²) in [6, 6.07) is 0. The average Bonchev–Trinajstić information content (AvgIpc) is 2.78. The number of carboxylic acid groups (broad SMARTS) is 1. The van der Waals surface area contributed by atoms with E-state index >= 15 is 0 Å². The molecule has 1 fully saturated rings. The molecule has 3 atom stereocenters. The van der Waals surface area contributed by atoms with Gasteiger partial charge in [0.2, 0.25) is 5.91 Å². The van der Waals surface area contributed by atoms with Gasteiger partial charge in [0.25, 0.3) is 0 Å². The molecule has 0 saturated heterocycles. The first-order chi connectivity index (χ1) is 8.89. The highest BCUT2D eigenvalue weighted by molar-refractivity contribution is 5.85. The molecule has 110 valence electrons. The molecule has 0 aromatic carbocycles. The minimum Gasteiger partial charge on any atom is -0.481 e. The number of aliphatic hydroxyl groups is 3. The largest absolute Gasteiger partial charge is 0.481 e. The molecule has 0 spiro atoms. The number of hydrogen-bond donors (Lipinski definition) is 5. The normalized spacial score (nSPS) is 27.3. The summed E-state index contributed by atoms with van der Waals surface area (Å²) in [4.78, 5) is 23.2. The maximum atomic E-state index is 12.1. The Balaban J connectivity index is 2.79. The van der Waals surface area contributed by atoms with Crippen LogP contribution in [0.15, 0.2) is 0 Å². The highest BCUT2D eigenvalue weighted by Gasteiger charge is 2.43. The van der Waals surface area contributed by atoms with Crippen LogP contribution in [0.3, 0.4) is 0 Å². The van der Waals surface area contributed by atoms with E-state index in [9.17, 15) is 9.59 Å². The van der Waals surface area contributed by atoms with Crippen molar-refractivity contribution in [3.05, 3.63) is 0 Å². The summed E-state index contributed by atoms with van der Waals surface area (Å²) >= 11 is 0. The Morgan fingerprint density at radius 1 is 1.11 bits per heavy atom. The standard InChI is InChI=1S/C12H21NO6/c1-7-2-8(9(3-7)11(18)19)10(17)13-12(4-14,5-15)6-16/h7-9,14-16H,2-6H2,1H3,(H,13,17)(H,18,19). The van der Waals surface area contributed by atoms with Gasteiger partial charge in [0, 0.05) is 0 Å². The van der Waals surface area contributed by atoms with Crippen LogP contribution >= 0.6 is 0 Å². The Morgan fingerprint density at radius 2 is 1.58 bits per heavy atom. The highest BCUT2D eigenvalue weighted by atomic mass is 16.4. The number of aliphatic carboxylic acids is 1. The van der Waals surface area contributed by atoms with Crippen LogP contribution in [0.4, 0.5) is 0 Å². The number of hydrogen-bond acceptors (Lipinski definition) is 5. The van der Waals surface area contributed by atoms with E-state index < -0.39 is 49.1 Å². The predicted molar refractivity (Wildman–Crippen MR) is 65.1 cm³/mol. The second kappa shape index (κ2) is 6.31. The van der Waals surface area contributed by atoms with Crippen LogP contribution in [0.5, 0.6) is 0 Å². The topological polar surface area (TPSA) is 127 Å². The Hall–Kier alpha value is -1.18. The van der Waals surface area contributed by atoms with Crippen molar-refractivity contribution in [2.45, 2.75) is 25.3 Å². The fourth-order valence-corrected chi connectivity index (χ4v) is 2.48. The number of rotatable bonds is 6. The van der Waals surface area contributed by atoms with Gasteiger partial charge in [0.1, 0.15) is 5.54 Å². The van der Waals surface area contributed by atoms with Crippen molar-refractivity contribution in [2.75, 3.05) is 19.8 Å². The zero-order valence-electron chi connectivity index (χ0n) is 10.9. The van der Waals surface area contributed by atoms with Gasteiger partial charge in [-0.25, -0.2) is 0 Å². The molecular weight excluding hydrogens is 254 g/mol. The maximum absolute atomic E-state index is 12.1. The monoisotopic (exact) mass is 275 g/mol. The molecule has 7 nitrogen and oxygen atoms in total. The predicted octanol–water partition coefficient (Wildman–Crippen LogP) is -1.43. The van der Waals surface area contributed by atoms with Crippen LogP contribution in [-0.4, -0.2) is 57.7 Å². The van der Waals surface area contributed by atoms with Gasteiger partial charge in [0.05, 0.1) is 31.7 Å². The van der Waals surface area contributed by atoms with Crippen molar-refractivity contribution >= 4 is 11.9 Å². The lowest BCUT2D eigenvalue weighted by molar-refractivity contribution is -0.147. The smallest absolute Gasteiger partial charge is 0.307 e. The maximum Gasteiger partial charge on any atom is 0.307 e. The molecule has 0 radical (unpaired) electrons. The Morgan fingerprint density at radius 3 is 2.00 bits per heavy atom. The summed E-state index contributed by atoms with van der Waals surface area (Å²) in [6.45, 7) is 0.0177. The van der Waals surface area contributed by atoms with Crippen LogP contribution in [0.2, 0.25) is 0 Å². The third-order valence-corrected chi connectivity index (χ3v) is 3.75. The van der Waals surface area contributed by atoms with Gasteiger partial charge in [-0.15, -0.1) is 0 Å². The molecule has 1 amide bonds. The summed E-state index contributed by atoms with van der Waals surface area (Å²) < 4.78 is 0. The lowest BCUT2D eigenvalue weighted by Crippen LogP contribution is -2.58. The zero-order chi connectivity index (χ0) is 14.6. The summed E-state index contributed by atoms with van der Waals surface area (Å²) in [5, 5.41) is 38.9. The zero-order valence-corrected chi connectivity index (χ0v) is 10.9. The minimum absolute atomic E-state index is 0.128. The molecule has 7 heteroatoms. The molecule has 0 heterocycles. The van der Waals surface area contributed by atoms with Gasteiger partial charge in [-0.05, 0) is 18.8 Å². The fraction of sp³-hybridized carbons (Fsp3) is 0.833. The molecule has 19 heavy (non-hydrogen) atoms. The highest BCUT2D eigenvalue weighted by Crippen LogP contribution is 2.36. The van der Waals surface area contributed by atoms with Crippen molar-refractivity contribution in [1.29, 1.82) is 0 Å². The van der Waals surface area contributed by atoms with E-state index in [0.29, 0.717) is 12.8 Å². The molecule has 1 aliphatic rings. The van der Waals surface area contributed by atoms with Gasteiger partial charge in [-0.2, -0.15) is 0 Å². The molecule has 1 aliphatic carbocycles. The van der Waals surface area contributed by atoms with Gasteiger partial charge >= 0.3 is 5.97 Å². The van der Waals surface area contributed by atoms with E-state index in [1.807, 2.05) is 6.92 Å². The molecule has 0 aliphatic heterocycles. The summed E-state index contributed by atoms with van der Waals surface area (Å²) in [7, 11) is 0. The molecule has 1 rings (SSSR count). The third kappa shape index (κ3) is 3.43. The summed E-state index contributed by atoms with van der Waals surface area (Å²) in [5.41, 5.74) is -1.51. The fourth-order valence-electron chi connectivity index (χ4n) is 2.48. The van der Waals surface area contributed by atoms with E-state index in [0.717, 1.165) is 0 Å². The Kier molecular flexibility index (Phi) is 5.28. The first-order valence-corrected chi connectivity index (χ1v) is 6.26.